The lowest BCUT2D eigenvalue weighted by Crippen LogP contribution is -2.33. The van der Waals surface area contributed by atoms with E-state index in [4.69, 9.17) is 11.6 Å². The molecule has 6 heteroatoms. The largest absolute Gasteiger partial charge is 0.395 e. The highest BCUT2D eigenvalue weighted by Gasteiger charge is 2.15. The number of hydrogen-bond acceptors (Lipinski definition) is 3. The van der Waals surface area contributed by atoms with Crippen LogP contribution in [0.2, 0.25) is 5.02 Å². The number of carbonyl (C=O) groups excluding carboxylic acids is 1. The normalized spacial score (nSPS) is 10.7. The third kappa shape index (κ3) is 5.37. The van der Waals surface area contributed by atoms with E-state index < -0.39 is 0 Å². The number of carbonyl (C=O) groups is 1. The molecule has 0 radical (unpaired) electrons. The molecule has 0 spiro atoms. The van der Waals surface area contributed by atoms with Crippen molar-refractivity contribution in [2.24, 2.45) is 0 Å². The Labute approximate surface area is 141 Å². The van der Waals surface area contributed by atoms with E-state index in [2.05, 4.69) is 9.97 Å². The summed E-state index contributed by atoms with van der Waals surface area (Å²) in [5.74, 6) is 0.0374. The fourth-order valence-electron chi connectivity index (χ4n) is 2.39. The molecule has 0 saturated carbocycles. The second kappa shape index (κ2) is 8.70. The molecule has 0 fully saturated rings. The Bertz CT molecular complexity index is 625. The number of aliphatic hydroxyl groups is 1. The van der Waals surface area contributed by atoms with Gasteiger partial charge in [-0.05, 0) is 37.5 Å². The maximum Gasteiger partial charge on any atom is 0.223 e. The van der Waals surface area contributed by atoms with E-state index in [0.717, 1.165) is 24.2 Å². The van der Waals surface area contributed by atoms with Crippen molar-refractivity contribution in [2.45, 2.75) is 32.7 Å². The summed E-state index contributed by atoms with van der Waals surface area (Å²) in [5.41, 5.74) is 2.95. The molecule has 5 nitrogen and oxygen atoms in total. The number of aromatic nitrogens is 2. The number of nitrogens with zero attached hydrogens (tertiary/aromatic N) is 2. The van der Waals surface area contributed by atoms with Crippen LogP contribution in [0.1, 0.15) is 29.8 Å². The van der Waals surface area contributed by atoms with Gasteiger partial charge in [-0.25, -0.2) is 4.98 Å². The zero-order chi connectivity index (χ0) is 16.7. The van der Waals surface area contributed by atoms with Gasteiger partial charge in [-0.2, -0.15) is 0 Å². The minimum Gasteiger partial charge on any atom is -0.395 e. The van der Waals surface area contributed by atoms with Crippen molar-refractivity contribution in [2.75, 3.05) is 13.2 Å². The van der Waals surface area contributed by atoms with E-state index in [1.165, 1.54) is 5.56 Å². The van der Waals surface area contributed by atoms with Gasteiger partial charge in [0, 0.05) is 23.7 Å². The summed E-state index contributed by atoms with van der Waals surface area (Å²) in [6.45, 7) is 2.62. The van der Waals surface area contributed by atoms with E-state index in [1.807, 2.05) is 31.2 Å². The Balaban J connectivity index is 1.85. The molecule has 0 aliphatic heterocycles. The number of halogens is 1. The van der Waals surface area contributed by atoms with Crippen molar-refractivity contribution < 1.29 is 9.90 Å². The van der Waals surface area contributed by atoms with Gasteiger partial charge in [-0.15, -0.1) is 0 Å². The Kier molecular flexibility index (Phi) is 6.62. The minimum atomic E-state index is -0.0492. The third-order valence-electron chi connectivity index (χ3n) is 3.77. The average molecular weight is 336 g/mol. The van der Waals surface area contributed by atoms with Gasteiger partial charge >= 0.3 is 0 Å². The first-order chi connectivity index (χ1) is 11.1. The van der Waals surface area contributed by atoms with Gasteiger partial charge in [0.15, 0.2) is 0 Å². The Hall–Kier alpha value is -1.85. The van der Waals surface area contributed by atoms with Crippen molar-refractivity contribution in [3.63, 3.8) is 0 Å². The SMILES string of the molecule is Cc1[nH]cnc1CN(CCO)C(=O)CCCc1ccc(Cl)cc1. The number of hydrogen-bond donors (Lipinski definition) is 2. The number of aryl methyl sites for hydroxylation is 2. The molecule has 1 heterocycles. The summed E-state index contributed by atoms with van der Waals surface area (Å²) in [6.07, 6.45) is 3.66. The lowest BCUT2D eigenvalue weighted by Gasteiger charge is -2.21. The molecule has 0 saturated heterocycles. The molecule has 1 amide bonds. The van der Waals surface area contributed by atoms with Crippen LogP contribution in [-0.4, -0.2) is 39.0 Å². The summed E-state index contributed by atoms with van der Waals surface area (Å²) in [6, 6.07) is 7.67. The lowest BCUT2D eigenvalue weighted by atomic mass is 10.1. The van der Waals surface area contributed by atoms with Crippen molar-refractivity contribution in [1.82, 2.24) is 14.9 Å². The smallest absolute Gasteiger partial charge is 0.223 e. The fraction of sp³-hybridized carbons (Fsp3) is 0.412. The molecular formula is C17H22ClN3O2. The Morgan fingerprint density at radius 2 is 2.09 bits per heavy atom. The second-order valence-corrected chi connectivity index (χ2v) is 5.93. The van der Waals surface area contributed by atoms with Crippen LogP contribution < -0.4 is 0 Å². The van der Waals surface area contributed by atoms with Gasteiger partial charge in [-0.3, -0.25) is 4.79 Å². The van der Waals surface area contributed by atoms with Crippen molar-refractivity contribution in [1.29, 1.82) is 0 Å². The molecule has 0 aliphatic rings. The van der Waals surface area contributed by atoms with Crippen LogP contribution in [0.15, 0.2) is 30.6 Å². The summed E-state index contributed by atoms with van der Waals surface area (Å²) < 4.78 is 0. The first-order valence-electron chi connectivity index (χ1n) is 7.72. The van der Waals surface area contributed by atoms with Crippen molar-refractivity contribution in [3.05, 3.63) is 52.6 Å². The Morgan fingerprint density at radius 3 is 2.70 bits per heavy atom. The number of aliphatic hydroxyl groups excluding tert-OH is 1. The van der Waals surface area contributed by atoms with Crippen molar-refractivity contribution in [3.8, 4) is 0 Å². The van der Waals surface area contributed by atoms with Gasteiger partial charge in [0.25, 0.3) is 0 Å². The van der Waals surface area contributed by atoms with E-state index >= 15 is 0 Å². The first-order valence-corrected chi connectivity index (χ1v) is 8.10. The molecule has 124 valence electrons. The molecular weight excluding hydrogens is 314 g/mol. The predicted octanol–water partition coefficient (Wildman–Crippen LogP) is 2.72. The molecule has 0 atom stereocenters. The molecule has 2 rings (SSSR count). The zero-order valence-corrected chi connectivity index (χ0v) is 14.0. The molecule has 0 bridgehead atoms. The summed E-state index contributed by atoms with van der Waals surface area (Å²) >= 11 is 5.86. The fourth-order valence-corrected chi connectivity index (χ4v) is 2.52. The van der Waals surface area contributed by atoms with E-state index in [-0.39, 0.29) is 12.5 Å². The summed E-state index contributed by atoms with van der Waals surface area (Å²) in [4.78, 5) is 21.2. The number of aromatic amines is 1. The number of amides is 1. The van der Waals surface area contributed by atoms with Crippen molar-refractivity contribution >= 4 is 17.5 Å². The van der Waals surface area contributed by atoms with Crippen LogP contribution in [0, 0.1) is 6.92 Å². The minimum absolute atomic E-state index is 0.0374. The highest BCUT2D eigenvalue weighted by atomic mass is 35.5. The van der Waals surface area contributed by atoms with Gasteiger partial charge < -0.3 is 15.0 Å². The number of rotatable bonds is 8. The van der Waals surface area contributed by atoms with Gasteiger partial charge in [0.05, 0.1) is 25.2 Å². The van der Waals surface area contributed by atoms with E-state index in [0.29, 0.717) is 24.5 Å². The van der Waals surface area contributed by atoms with Gasteiger partial charge in [0.1, 0.15) is 0 Å². The maximum atomic E-state index is 12.4. The van der Waals surface area contributed by atoms with Crippen LogP contribution in [0.3, 0.4) is 0 Å². The highest BCUT2D eigenvalue weighted by Crippen LogP contribution is 2.13. The number of H-pyrrole nitrogens is 1. The third-order valence-corrected chi connectivity index (χ3v) is 4.02. The van der Waals surface area contributed by atoms with Crippen LogP contribution >= 0.6 is 11.6 Å². The lowest BCUT2D eigenvalue weighted by molar-refractivity contribution is -0.132. The zero-order valence-electron chi connectivity index (χ0n) is 13.3. The van der Waals surface area contributed by atoms with E-state index in [1.54, 1.807) is 11.2 Å². The number of imidazole rings is 1. The topological polar surface area (TPSA) is 69.2 Å². The summed E-state index contributed by atoms with van der Waals surface area (Å²) in [5, 5.41) is 9.89. The molecule has 1 aromatic carbocycles. The molecule has 1 aromatic heterocycles. The number of nitrogens with one attached hydrogen (secondary N) is 1. The highest BCUT2D eigenvalue weighted by molar-refractivity contribution is 6.30. The Morgan fingerprint density at radius 1 is 1.35 bits per heavy atom. The summed E-state index contributed by atoms with van der Waals surface area (Å²) in [7, 11) is 0. The first kappa shape index (κ1) is 17.5. The van der Waals surface area contributed by atoms with Crippen LogP contribution in [-0.2, 0) is 17.8 Å². The van der Waals surface area contributed by atoms with Gasteiger partial charge in [-0.1, -0.05) is 23.7 Å². The van der Waals surface area contributed by atoms with E-state index in [9.17, 15) is 9.90 Å². The van der Waals surface area contributed by atoms with Crippen LogP contribution in [0.4, 0.5) is 0 Å². The van der Waals surface area contributed by atoms with Gasteiger partial charge in [0.2, 0.25) is 5.91 Å². The average Bonchev–Trinajstić information content (AvgIpc) is 2.94. The number of benzene rings is 1. The molecule has 2 N–H and O–H groups in total. The molecule has 0 unspecified atom stereocenters. The second-order valence-electron chi connectivity index (χ2n) is 5.49. The maximum absolute atomic E-state index is 12.4. The molecule has 2 aromatic rings. The quantitative estimate of drug-likeness (QED) is 0.779. The molecule has 23 heavy (non-hydrogen) atoms. The monoisotopic (exact) mass is 335 g/mol. The molecule has 0 aliphatic carbocycles. The predicted molar refractivity (Wildman–Crippen MR) is 90.2 cm³/mol. The standard InChI is InChI=1S/C17H22ClN3O2/c1-13-16(20-12-19-13)11-21(9-10-22)17(23)4-2-3-14-5-7-15(18)8-6-14/h5-8,12,22H,2-4,9-11H2,1H3,(H,19,20). The van der Waals surface area contributed by atoms with Crippen LogP contribution in [0.5, 0.6) is 0 Å². The van der Waals surface area contributed by atoms with Crippen LogP contribution in [0.25, 0.3) is 0 Å².